The third kappa shape index (κ3) is 34.6. The van der Waals surface area contributed by atoms with Gasteiger partial charge in [0.2, 0.25) is 0 Å². The van der Waals surface area contributed by atoms with Crippen molar-refractivity contribution in [1.29, 1.82) is 0 Å². The van der Waals surface area contributed by atoms with E-state index < -0.39 is 20.5 Å². The van der Waals surface area contributed by atoms with E-state index in [2.05, 4.69) is 52.2 Å². The van der Waals surface area contributed by atoms with Gasteiger partial charge in [0.25, 0.3) is 0 Å². The van der Waals surface area contributed by atoms with Gasteiger partial charge in [-0.25, -0.2) is 0 Å². The molecule has 0 fully saturated rings. The fraction of sp³-hybridized carbons (Fsp3) is 0.882. The molecule has 0 radical (unpaired) electrons. The summed E-state index contributed by atoms with van der Waals surface area (Å²) in [6.07, 6.45) is 3.08. The Morgan fingerprint density at radius 3 is 1.41 bits per heavy atom. The van der Waals surface area contributed by atoms with Gasteiger partial charge in [0.1, 0.15) is 0 Å². The Labute approximate surface area is 204 Å². The molecule has 0 amide bonds. The van der Waals surface area contributed by atoms with Gasteiger partial charge in [0.15, 0.2) is 0 Å². The molecule has 0 aromatic heterocycles. The number of halogens is 2. The molecule has 0 aromatic rings. The predicted octanol–water partition coefficient (Wildman–Crippen LogP) is -5.42. The SMILES string of the molecule is CC1=NCCNC(C)(C)CC(C)=NCCCNC(C)(C)C1.[Ni].[O-][Cl+3]([O-])([O-])O.[O-][Cl+3]([O-])([O-])O. The minimum absolute atomic E-state index is 0. The second-order valence-electron chi connectivity index (χ2n) is 8.35. The molecule has 15 heteroatoms. The fourth-order valence-corrected chi connectivity index (χ4v) is 2.93. The average molecular weight is 554 g/mol. The summed E-state index contributed by atoms with van der Waals surface area (Å²) < 4.78 is 65.4. The molecular formula is C17H36Cl2N4NiO8. The van der Waals surface area contributed by atoms with Crippen molar-refractivity contribution < 1.29 is 74.2 Å². The maximum Gasteiger partial charge on any atom is 0.0777 e. The Morgan fingerprint density at radius 2 is 1.03 bits per heavy atom. The molecule has 0 aliphatic carbocycles. The maximum absolute atomic E-state index is 8.60. The van der Waals surface area contributed by atoms with Crippen LogP contribution in [0.15, 0.2) is 9.98 Å². The van der Waals surface area contributed by atoms with Crippen LogP contribution >= 0.6 is 0 Å². The van der Waals surface area contributed by atoms with Gasteiger partial charge >= 0.3 is 0 Å². The summed E-state index contributed by atoms with van der Waals surface area (Å²) in [4.78, 5) is 9.40. The smallest absolute Gasteiger partial charge is 0.0777 e. The molecule has 12 nitrogen and oxygen atoms in total. The Kier molecular flexibility index (Phi) is 19.0. The first-order valence-electron chi connectivity index (χ1n) is 9.46. The maximum atomic E-state index is 8.60. The first-order chi connectivity index (χ1) is 13.7. The Bertz CT molecular complexity index is 544. The van der Waals surface area contributed by atoms with Crippen molar-refractivity contribution in [3.63, 3.8) is 0 Å². The number of hydrogen-bond donors (Lipinski definition) is 4. The molecule has 1 aliphatic rings. The van der Waals surface area contributed by atoms with Crippen molar-refractivity contribution in [3.8, 4) is 0 Å². The van der Waals surface area contributed by atoms with E-state index in [0.717, 1.165) is 45.4 Å². The third-order valence-corrected chi connectivity index (χ3v) is 3.81. The van der Waals surface area contributed by atoms with E-state index in [1.807, 2.05) is 0 Å². The van der Waals surface area contributed by atoms with Gasteiger partial charge in [-0.2, -0.15) is 28.0 Å². The van der Waals surface area contributed by atoms with Crippen LogP contribution in [0.2, 0.25) is 0 Å². The normalized spacial score (nSPS) is 20.3. The number of nitrogens with zero attached hydrogens (tertiary/aromatic N) is 2. The van der Waals surface area contributed by atoms with Gasteiger partial charge in [-0.1, -0.05) is 0 Å². The minimum atomic E-state index is -4.69. The van der Waals surface area contributed by atoms with Crippen LogP contribution in [-0.2, 0) is 16.5 Å². The molecule has 1 heterocycles. The summed E-state index contributed by atoms with van der Waals surface area (Å²) in [5.74, 6) is 0. The summed E-state index contributed by atoms with van der Waals surface area (Å²) in [5.41, 5.74) is 2.67. The van der Waals surface area contributed by atoms with E-state index >= 15 is 0 Å². The first-order valence-corrected chi connectivity index (χ1v) is 12.0. The molecule has 1 aliphatic heterocycles. The van der Waals surface area contributed by atoms with Crippen molar-refractivity contribution >= 4 is 11.4 Å². The van der Waals surface area contributed by atoms with Crippen LogP contribution in [0.5, 0.6) is 0 Å². The predicted molar refractivity (Wildman–Crippen MR) is 98.4 cm³/mol. The van der Waals surface area contributed by atoms with Crippen molar-refractivity contribution in [2.24, 2.45) is 9.98 Å². The van der Waals surface area contributed by atoms with Gasteiger partial charge in [-0.3, -0.25) is 9.98 Å². The second kappa shape index (κ2) is 16.6. The standard InChI is InChI=1S/C17H34N4.2ClHO4.Ni/c1-14-12-17(5,6)21-11-10-19-15(2)13-16(3,4)20-9-7-8-18-14;2*2-1(3,4)5;/h20-21H,7-13H2,1-6H3;2*(H,2,3,4,5);. The summed E-state index contributed by atoms with van der Waals surface area (Å²) in [7, 11) is -9.39. The number of rotatable bonds is 0. The molecule has 0 saturated carbocycles. The fourth-order valence-electron chi connectivity index (χ4n) is 2.93. The van der Waals surface area contributed by atoms with Crippen molar-refractivity contribution in [1.82, 2.24) is 10.6 Å². The Hall–Kier alpha value is 0.0135. The average Bonchev–Trinajstić information content (AvgIpc) is 2.46. The summed E-state index contributed by atoms with van der Waals surface area (Å²) in [5, 5.41) is 7.22. The van der Waals surface area contributed by atoms with E-state index in [1.54, 1.807) is 0 Å². The van der Waals surface area contributed by atoms with Crippen LogP contribution < -0.4 is 38.6 Å². The molecule has 0 unspecified atom stereocenters. The van der Waals surface area contributed by atoms with Crippen molar-refractivity contribution in [3.05, 3.63) is 0 Å². The van der Waals surface area contributed by atoms with Gasteiger partial charge in [0.05, 0.1) is 36.3 Å². The van der Waals surface area contributed by atoms with Crippen LogP contribution in [0.25, 0.3) is 0 Å². The van der Waals surface area contributed by atoms with Crippen molar-refractivity contribution in [2.75, 3.05) is 26.2 Å². The summed E-state index contributed by atoms with van der Waals surface area (Å²) in [6.45, 7) is 17.0. The zero-order valence-corrected chi connectivity index (χ0v) is 21.8. The van der Waals surface area contributed by atoms with E-state index in [9.17, 15) is 0 Å². The molecule has 1 rings (SSSR count). The number of nitrogens with one attached hydrogen (secondary N) is 2. The molecule has 196 valence electrons. The zero-order chi connectivity index (χ0) is 24.9. The van der Waals surface area contributed by atoms with Crippen LogP contribution in [0.3, 0.4) is 0 Å². The van der Waals surface area contributed by atoms with Crippen LogP contribution in [0, 0.1) is 20.5 Å². The minimum Gasteiger partial charge on any atom is -0.311 e. The number of aliphatic imine (C=N–C) groups is 2. The van der Waals surface area contributed by atoms with E-state index in [-0.39, 0.29) is 27.6 Å². The van der Waals surface area contributed by atoms with Gasteiger partial charge in [0, 0.05) is 64.9 Å². The topological polar surface area (TPSA) is 228 Å². The third-order valence-electron chi connectivity index (χ3n) is 3.81. The number of hydrogen-bond acceptors (Lipinski definition) is 12. The molecular weight excluding hydrogens is 518 g/mol. The molecule has 0 atom stereocenters. The molecule has 0 spiro atoms. The quantitative estimate of drug-likeness (QED) is 0.208. The molecule has 0 bridgehead atoms. The van der Waals surface area contributed by atoms with Crippen LogP contribution in [0.1, 0.15) is 60.8 Å². The Balaban J connectivity index is -0.000000640. The molecule has 0 aromatic carbocycles. The summed E-state index contributed by atoms with van der Waals surface area (Å²) in [6, 6.07) is 0. The van der Waals surface area contributed by atoms with Gasteiger partial charge in [-0.05, 0) is 54.5 Å². The van der Waals surface area contributed by atoms with Gasteiger partial charge in [-0.15, -0.1) is 0 Å². The van der Waals surface area contributed by atoms with Crippen molar-refractivity contribution in [2.45, 2.75) is 71.9 Å². The molecule has 4 N–H and O–H groups in total. The zero-order valence-electron chi connectivity index (χ0n) is 19.3. The van der Waals surface area contributed by atoms with E-state index in [1.165, 1.54) is 11.4 Å². The largest absolute Gasteiger partial charge is 0.311 e. The second-order valence-corrected chi connectivity index (χ2v) is 9.94. The van der Waals surface area contributed by atoms with Crippen LogP contribution in [0.4, 0.5) is 0 Å². The summed E-state index contributed by atoms with van der Waals surface area (Å²) >= 11 is 0. The van der Waals surface area contributed by atoms with Gasteiger partial charge < -0.3 is 10.6 Å². The molecule has 0 saturated heterocycles. The van der Waals surface area contributed by atoms with E-state index in [0.29, 0.717) is 0 Å². The monoisotopic (exact) mass is 552 g/mol. The van der Waals surface area contributed by atoms with Crippen LogP contribution in [-0.4, -0.2) is 58.0 Å². The molecule has 32 heavy (non-hydrogen) atoms. The van der Waals surface area contributed by atoms with E-state index in [4.69, 9.17) is 47.3 Å². The first kappa shape index (κ1) is 36.6. The Morgan fingerprint density at radius 1 is 0.719 bits per heavy atom.